The van der Waals surface area contributed by atoms with Crippen LogP contribution in [-0.4, -0.2) is 62.9 Å². The van der Waals surface area contributed by atoms with Crippen molar-refractivity contribution in [1.29, 1.82) is 0 Å². The van der Waals surface area contributed by atoms with Crippen molar-refractivity contribution in [3.05, 3.63) is 29.8 Å². The predicted molar refractivity (Wildman–Crippen MR) is 79.2 cm³/mol. The van der Waals surface area contributed by atoms with Crippen LogP contribution in [0.25, 0.3) is 0 Å². The number of ether oxygens (including phenoxy) is 1. The van der Waals surface area contributed by atoms with E-state index in [1.165, 1.54) is 6.07 Å². The molecule has 6 nitrogen and oxygen atoms in total. The molecule has 0 saturated carbocycles. The first-order valence-corrected chi connectivity index (χ1v) is 8.01. The van der Waals surface area contributed by atoms with Gasteiger partial charge in [0.1, 0.15) is 4.90 Å². The highest BCUT2D eigenvalue weighted by atomic mass is 35.5. The maximum atomic E-state index is 12.3. The van der Waals surface area contributed by atoms with E-state index in [1.54, 1.807) is 18.2 Å². The van der Waals surface area contributed by atoms with Gasteiger partial charge in [-0.15, -0.1) is 12.4 Å². The van der Waals surface area contributed by atoms with Gasteiger partial charge in [-0.05, 0) is 12.1 Å². The van der Waals surface area contributed by atoms with E-state index in [4.69, 9.17) is 4.74 Å². The maximum absolute atomic E-state index is 12.3. The third-order valence-electron chi connectivity index (χ3n) is 3.64. The van der Waals surface area contributed by atoms with Gasteiger partial charge in [0.2, 0.25) is 0 Å². The Morgan fingerprint density at radius 3 is 2.43 bits per heavy atom. The number of carbonyl (C=O) groups is 1. The van der Waals surface area contributed by atoms with Crippen molar-refractivity contribution in [1.82, 2.24) is 9.21 Å². The Bertz CT molecular complexity index is 629. The normalized spacial score (nSPS) is 21.0. The molecule has 1 saturated heterocycles. The third kappa shape index (κ3) is 2.91. The van der Waals surface area contributed by atoms with E-state index in [-0.39, 0.29) is 29.4 Å². The Kier molecular flexibility index (Phi) is 4.88. The smallest absolute Gasteiger partial charge is 0.269 e. The number of morpholine rings is 1. The fourth-order valence-corrected chi connectivity index (χ4v) is 4.07. The Balaban J connectivity index is 0.00000161. The van der Waals surface area contributed by atoms with Crippen LogP contribution < -0.4 is 0 Å². The second-order valence-corrected chi connectivity index (χ2v) is 6.66. The lowest BCUT2D eigenvalue weighted by Crippen LogP contribution is -2.42. The molecular weight excluding hydrogens is 316 g/mol. The van der Waals surface area contributed by atoms with Gasteiger partial charge in [-0.3, -0.25) is 9.69 Å². The van der Waals surface area contributed by atoms with Gasteiger partial charge < -0.3 is 4.74 Å². The Hall–Kier alpha value is -1.15. The molecule has 116 valence electrons. The first-order chi connectivity index (χ1) is 9.60. The number of carbonyl (C=O) groups excluding carboxylic acids is 1. The van der Waals surface area contributed by atoms with Crippen LogP contribution in [0, 0.1) is 0 Å². The van der Waals surface area contributed by atoms with Crippen LogP contribution in [0.1, 0.15) is 10.4 Å². The van der Waals surface area contributed by atoms with E-state index in [2.05, 4.69) is 4.90 Å². The lowest BCUT2D eigenvalue weighted by atomic mass is 10.2. The van der Waals surface area contributed by atoms with E-state index in [9.17, 15) is 13.2 Å². The monoisotopic (exact) mass is 332 g/mol. The zero-order valence-corrected chi connectivity index (χ0v) is 13.0. The molecule has 1 fully saturated rings. The average molecular weight is 333 g/mol. The second kappa shape index (κ2) is 6.31. The van der Waals surface area contributed by atoms with Crippen molar-refractivity contribution in [2.45, 2.75) is 4.90 Å². The van der Waals surface area contributed by atoms with Crippen molar-refractivity contribution < 1.29 is 17.9 Å². The van der Waals surface area contributed by atoms with Crippen molar-refractivity contribution in [2.24, 2.45) is 0 Å². The summed E-state index contributed by atoms with van der Waals surface area (Å²) in [6, 6.07) is 6.36. The highest BCUT2D eigenvalue weighted by molar-refractivity contribution is 7.90. The van der Waals surface area contributed by atoms with E-state index < -0.39 is 15.9 Å². The summed E-state index contributed by atoms with van der Waals surface area (Å²) < 4.78 is 30.9. The van der Waals surface area contributed by atoms with Crippen LogP contribution in [0.15, 0.2) is 29.2 Å². The Morgan fingerprint density at radius 1 is 1.10 bits per heavy atom. The summed E-state index contributed by atoms with van der Waals surface area (Å²) in [5.74, 6) is -0.422. The summed E-state index contributed by atoms with van der Waals surface area (Å²) in [5.41, 5.74) is 0.273. The predicted octanol–water partition coefficient (Wildman–Crippen LogP) is 0.585. The summed E-state index contributed by atoms with van der Waals surface area (Å²) in [6.07, 6.45) is 0. The number of hydrogen-bond donors (Lipinski definition) is 0. The highest BCUT2D eigenvalue weighted by Crippen LogP contribution is 2.29. The number of benzene rings is 1. The minimum atomic E-state index is -3.67. The SMILES string of the molecule is Cl.O=C1c2ccccc2S(=O)(=O)N1CCN1CCOCC1. The Labute approximate surface area is 130 Å². The quantitative estimate of drug-likeness (QED) is 0.810. The van der Waals surface area contributed by atoms with Gasteiger partial charge >= 0.3 is 0 Å². The van der Waals surface area contributed by atoms with Crippen molar-refractivity contribution >= 4 is 28.3 Å². The van der Waals surface area contributed by atoms with Gasteiger partial charge in [0, 0.05) is 19.6 Å². The van der Waals surface area contributed by atoms with Crippen molar-refractivity contribution in [2.75, 3.05) is 39.4 Å². The van der Waals surface area contributed by atoms with Gasteiger partial charge in [-0.2, -0.15) is 0 Å². The molecule has 0 radical (unpaired) electrons. The molecule has 0 atom stereocenters. The van der Waals surface area contributed by atoms with Gasteiger partial charge in [0.15, 0.2) is 0 Å². The van der Waals surface area contributed by atoms with E-state index in [0.29, 0.717) is 19.8 Å². The number of fused-ring (bicyclic) bond motifs is 1. The molecule has 2 aliphatic rings. The van der Waals surface area contributed by atoms with Crippen LogP contribution in [0.2, 0.25) is 0 Å². The minimum absolute atomic E-state index is 0. The first-order valence-electron chi connectivity index (χ1n) is 6.57. The summed E-state index contributed by atoms with van der Waals surface area (Å²) in [6.45, 7) is 3.59. The molecule has 0 spiro atoms. The lowest BCUT2D eigenvalue weighted by Gasteiger charge is -2.28. The van der Waals surface area contributed by atoms with E-state index in [1.807, 2.05) is 0 Å². The molecule has 21 heavy (non-hydrogen) atoms. The molecule has 0 aliphatic carbocycles. The van der Waals surface area contributed by atoms with E-state index in [0.717, 1.165) is 17.4 Å². The molecule has 1 aromatic carbocycles. The summed E-state index contributed by atoms with van der Waals surface area (Å²) in [4.78, 5) is 14.4. The topological polar surface area (TPSA) is 66.9 Å². The molecule has 1 aromatic rings. The van der Waals surface area contributed by atoms with Crippen LogP contribution >= 0.6 is 12.4 Å². The molecule has 0 aromatic heterocycles. The molecule has 0 bridgehead atoms. The summed E-state index contributed by atoms with van der Waals surface area (Å²) >= 11 is 0. The fraction of sp³-hybridized carbons (Fsp3) is 0.462. The number of rotatable bonds is 3. The van der Waals surface area contributed by atoms with Gasteiger partial charge in [0.05, 0.1) is 25.3 Å². The number of sulfonamides is 1. The van der Waals surface area contributed by atoms with E-state index >= 15 is 0 Å². The molecule has 0 unspecified atom stereocenters. The maximum Gasteiger partial charge on any atom is 0.269 e. The minimum Gasteiger partial charge on any atom is -0.379 e. The number of hydrogen-bond acceptors (Lipinski definition) is 5. The zero-order chi connectivity index (χ0) is 14.2. The van der Waals surface area contributed by atoms with Crippen molar-refractivity contribution in [3.63, 3.8) is 0 Å². The second-order valence-electron chi connectivity index (χ2n) is 4.83. The summed E-state index contributed by atoms with van der Waals surface area (Å²) in [7, 11) is -3.67. The lowest BCUT2D eigenvalue weighted by molar-refractivity contribution is 0.0360. The van der Waals surface area contributed by atoms with Crippen LogP contribution in [-0.2, 0) is 14.8 Å². The third-order valence-corrected chi connectivity index (χ3v) is 5.48. The zero-order valence-electron chi connectivity index (χ0n) is 11.4. The van der Waals surface area contributed by atoms with Crippen LogP contribution in [0.4, 0.5) is 0 Å². The number of nitrogens with zero attached hydrogens (tertiary/aromatic N) is 2. The molecule has 2 heterocycles. The van der Waals surface area contributed by atoms with Gasteiger partial charge in [-0.25, -0.2) is 12.7 Å². The fourth-order valence-electron chi connectivity index (χ4n) is 2.51. The Morgan fingerprint density at radius 2 is 1.76 bits per heavy atom. The average Bonchev–Trinajstić information content (AvgIpc) is 2.66. The molecule has 3 rings (SSSR count). The summed E-state index contributed by atoms with van der Waals surface area (Å²) in [5, 5.41) is 0. The first kappa shape index (κ1) is 16.2. The van der Waals surface area contributed by atoms with Crippen molar-refractivity contribution in [3.8, 4) is 0 Å². The van der Waals surface area contributed by atoms with Gasteiger partial charge in [0.25, 0.3) is 15.9 Å². The molecule has 0 N–H and O–H groups in total. The van der Waals surface area contributed by atoms with Crippen LogP contribution in [0.5, 0.6) is 0 Å². The molecule has 2 aliphatic heterocycles. The van der Waals surface area contributed by atoms with Gasteiger partial charge in [-0.1, -0.05) is 12.1 Å². The standard InChI is InChI=1S/C13H16N2O4S.ClH/c16-13-11-3-1-2-4-12(11)20(17,18)15(13)6-5-14-7-9-19-10-8-14;/h1-4H,5-10H2;1H. The molecular formula is C13H17ClN2O4S. The highest BCUT2D eigenvalue weighted by Gasteiger charge is 2.40. The molecule has 1 amide bonds. The number of amides is 1. The van der Waals surface area contributed by atoms with Crippen LogP contribution in [0.3, 0.4) is 0 Å². The largest absolute Gasteiger partial charge is 0.379 e. The number of halogens is 1. The molecule has 8 heteroatoms.